The molecule has 3 N–H and O–H groups in total. The van der Waals surface area contributed by atoms with Gasteiger partial charge in [-0.2, -0.15) is 0 Å². The van der Waals surface area contributed by atoms with E-state index in [0.29, 0.717) is 13.2 Å². The van der Waals surface area contributed by atoms with Crippen molar-refractivity contribution in [1.82, 2.24) is 10.6 Å². The second-order valence-electron chi connectivity index (χ2n) is 5.42. The third-order valence-electron chi connectivity index (χ3n) is 3.50. The van der Waals surface area contributed by atoms with Gasteiger partial charge in [-0.15, -0.1) is 24.8 Å². The van der Waals surface area contributed by atoms with Crippen molar-refractivity contribution in [2.75, 3.05) is 26.2 Å². The van der Waals surface area contributed by atoms with E-state index < -0.39 is 0 Å². The zero-order valence-electron chi connectivity index (χ0n) is 14.3. The highest BCUT2D eigenvalue weighted by atomic mass is 35.5. The van der Waals surface area contributed by atoms with Crippen LogP contribution in [0.2, 0.25) is 0 Å². The number of halogens is 2. The summed E-state index contributed by atoms with van der Waals surface area (Å²) in [5.41, 5.74) is 2.42. The number of benzene rings is 2. The summed E-state index contributed by atoms with van der Waals surface area (Å²) in [6.07, 6.45) is 1.05. The molecule has 0 aliphatic carbocycles. The second-order valence-corrected chi connectivity index (χ2v) is 5.42. The van der Waals surface area contributed by atoms with Gasteiger partial charge in [0.25, 0.3) is 0 Å². The topological polar surface area (TPSA) is 53.5 Å². The van der Waals surface area contributed by atoms with E-state index in [1.807, 2.05) is 30.3 Å². The van der Waals surface area contributed by atoms with Crippen molar-refractivity contribution in [3.05, 3.63) is 65.7 Å². The number of rotatable bonds is 11. The Hall–Kier alpha value is -1.30. The molecular weight excluding hydrogens is 359 g/mol. The van der Waals surface area contributed by atoms with Crippen molar-refractivity contribution in [1.29, 1.82) is 0 Å². The Kier molecular flexibility index (Phi) is 14.2. The molecule has 0 aliphatic rings. The van der Waals surface area contributed by atoms with Crippen molar-refractivity contribution in [3.63, 3.8) is 0 Å². The molecule has 0 heterocycles. The van der Waals surface area contributed by atoms with Gasteiger partial charge in [-0.3, -0.25) is 0 Å². The number of hydrogen-bond acceptors (Lipinski definition) is 4. The van der Waals surface area contributed by atoms with Crippen molar-refractivity contribution in [2.45, 2.75) is 19.6 Å². The second kappa shape index (κ2) is 15.0. The Labute approximate surface area is 162 Å². The first-order valence-corrected chi connectivity index (χ1v) is 8.16. The van der Waals surface area contributed by atoms with Gasteiger partial charge in [0.2, 0.25) is 0 Å². The van der Waals surface area contributed by atoms with E-state index >= 15 is 0 Å². The lowest BCUT2D eigenvalue weighted by Crippen LogP contribution is -2.23. The highest BCUT2D eigenvalue weighted by molar-refractivity contribution is 5.85. The van der Waals surface area contributed by atoms with Gasteiger partial charge in [0, 0.05) is 13.1 Å². The predicted octanol–water partition coefficient (Wildman–Crippen LogP) is 3.17. The Bertz CT molecular complexity index is 539. The van der Waals surface area contributed by atoms with Gasteiger partial charge >= 0.3 is 0 Å². The number of nitrogens with one attached hydrogen (secondary N) is 2. The van der Waals surface area contributed by atoms with Crippen molar-refractivity contribution in [3.8, 4) is 5.75 Å². The first kappa shape index (κ1) is 23.7. The Balaban J connectivity index is 0.00000288. The van der Waals surface area contributed by atoms with Crippen LogP contribution in [0.15, 0.2) is 54.6 Å². The van der Waals surface area contributed by atoms with E-state index in [4.69, 9.17) is 9.84 Å². The molecule has 0 amide bonds. The van der Waals surface area contributed by atoms with Crippen molar-refractivity contribution in [2.24, 2.45) is 0 Å². The van der Waals surface area contributed by atoms with Crippen LogP contribution in [-0.4, -0.2) is 31.3 Å². The molecule has 0 unspecified atom stereocenters. The minimum Gasteiger partial charge on any atom is -0.489 e. The SMILES string of the molecule is Cl.Cl.OCCNCCCNCc1ccc(OCc2ccccc2)cc1. The summed E-state index contributed by atoms with van der Waals surface area (Å²) < 4.78 is 5.78. The van der Waals surface area contributed by atoms with Crippen LogP contribution in [0.5, 0.6) is 5.75 Å². The predicted molar refractivity (Wildman–Crippen MR) is 108 cm³/mol. The van der Waals surface area contributed by atoms with E-state index in [-0.39, 0.29) is 31.4 Å². The van der Waals surface area contributed by atoms with Gasteiger partial charge in [0.15, 0.2) is 0 Å². The summed E-state index contributed by atoms with van der Waals surface area (Å²) in [4.78, 5) is 0. The zero-order chi connectivity index (χ0) is 16.2. The van der Waals surface area contributed by atoms with Gasteiger partial charge < -0.3 is 20.5 Å². The fourth-order valence-corrected chi connectivity index (χ4v) is 2.22. The van der Waals surface area contributed by atoms with E-state index in [1.54, 1.807) is 0 Å². The van der Waals surface area contributed by atoms with E-state index in [1.165, 1.54) is 11.1 Å². The van der Waals surface area contributed by atoms with Gasteiger partial charge in [-0.1, -0.05) is 42.5 Å². The third kappa shape index (κ3) is 10.3. The largest absolute Gasteiger partial charge is 0.489 e. The fourth-order valence-electron chi connectivity index (χ4n) is 2.22. The van der Waals surface area contributed by atoms with Gasteiger partial charge in [-0.25, -0.2) is 0 Å². The average Bonchev–Trinajstić information content (AvgIpc) is 2.61. The molecule has 0 aromatic heterocycles. The highest BCUT2D eigenvalue weighted by Crippen LogP contribution is 2.14. The fraction of sp³-hybridized carbons (Fsp3) is 0.368. The van der Waals surface area contributed by atoms with Crippen LogP contribution < -0.4 is 15.4 Å². The van der Waals surface area contributed by atoms with E-state index in [9.17, 15) is 0 Å². The summed E-state index contributed by atoms with van der Waals surface area (Å²) in [7, 11) is 0. The van der Waals surface area contributed by atoms with Crippen LogP contribution in [0.25, 0.3) is 0 Å². The molecule has 0 radical (unpaired) electrons. The summed E-state index contributed by atoms with van der Waals surface area (Å²) in [5.74, 6) is 0.894. The van der Waals surface area contributed by atoms with Gasteiger partial charge in [0.05, 0.1) is 6.61 Å². The third-order valence-corrected chi connectivity index (χ3v) is 3.50. The Morgan fingerprint density at radius 2 is 1.44 bits per heavy atom. The molecule has 0 aliphatic heterocycles. The molecule has 2 rings (SSSR count). The summed E-state index contributed by atoms with van der Waals surface area (Å²) in [5, 5.41) is 15.2. The Morgan fingerprint density at radius 1 is 0.760 bits per heavy atom. The standard InChI is InChI=1S/C19H26N2O2.2ClH/c22-14-13-20-11-4-12-21-15-17-7-9-19(10-8-17)23-16-18-5-2-1-3-6-18;;/h1-3,5-10,20-22H,4,11-16H2;2*1H. The molecule has 2 aromatic carbocycles. The molecule has 0 saturated carbocycles. The van der Waals surface area contributed by atoms with E-state index in [2.05, 4.69) is 34.9 Å². The summed E-state index contributed by atoms with van der Waals surface area (Å²) in [6, 6.07) is 18.4. The Morgan fingerprint density at radius 3 is 2.12 bits per heavy atom. The number of hydrogen-bond donors (Lipinski definition) is 3. The smallest absolute Gasteiger partial charge is 0.119 e. The first-order chi connectivity index (χ1) is 11.4. The van der Waals surface area contributed by atoms with Crippen LogP contribution in [0.4, 0.5) is 0 Å². The van der Waals surface area contributed by atoms with E-state index in [0.717, 1.165) is 31.8 Å². The van der Waals surface area contributed by atoms with Crippen molar-refractivity contribution >= 4 is 24.8 Å². The zero-order valence-corrected chi connectivity index (χ0v) is 16.0. The number of aliphatic hydroxyl groups is 1. The summed E-state index contributed by atoms with van der Waals surface area (Å²) >= 11 is 0. The number of aliphatic hydroxyl groups excluding tert-OH is 1. The molecular formula is C19H28Cl2N2O2. The first-order valence-electron chi connectivity index (χ1n) is 8.16. The lowest BCUT2D eigenvalue weighted by molar-refractivity contribution is 0.292. The maximum Gasteiger partial charge on any atom is 0.119 e. The summed E-state index contributed by atoms with van der Waals surface area (Å²) in [6.45, 7) is 4.22. The molecule has 4 nitrogen and oxygen atoms in total. The minimum atomic E-state index is 0. The molecule has 6 heteroatoms. The highest BCUT2D eigenvalue weighted by Gasteiger charge is 1.97. The van der Waals surface area contributed by atoms with Crippen LogP contribution >= 0.6 is 24.8 Å². The number of ether oxygens (including phenoxy) is 1. The molecule has 140 valence electrons. The maximum atomic E-state index is 8.65. The quantitative estimate of drug-likeness (QED) is 0.519. The minimum absolute atomic E-state index is 0. The molecule has 0 spiro atoms. The average molecular weight is 387 g/mol. The van der Waals surface area contributed by atoms with Crippen LogP contribution in [0.1, 0.15) is 17.5 Å². The van der Waals surface area contributed by atoms with Crippen LogP contribution in [-0.2, 0) is 13.2 Å². The molecule has 0 fully saturated rings. The maximum absolute atomic E-state index is 8.65. The molecule has 0 bridgehead atoms. The van der Waals surface area contributed by atoms with Crippen LogP contribution in [0, 0.1) is 0 Å². The molecule has 25 heavy (non-hydrogen) atoms. The molecule has 0 saturated heterocycles. The lowest BCUT2D eigenvalue weighted by Gasteiger charge is -2.08. The normalized spacial score (nSPS) is 9.80. The molecule has 0 atom stereocenters. The van der Waals surface area contributed by atoms with Crippen LogP contribution in [0.3, 0.4) is 0 Å². The lowest BCUT2D eigenvalue weighted by atomic mass is 10.2. The van der Waals surface area contributed by atoms with Gasteiger partial charge in [0.1, 0.15) is 12.4 Å². The van der Waals surface area contributed by atoms with Gasteiger partial charge in [-0.05, 0) is 42.8 Å². The van der Waals surface area contributed by atoms with Crippen molar-refractivity contribution < 1.29 is 9.84 Å². The molecule has 2 aromatic rings. The monoisotopic (exact) mass is 386 g/mol.